The largest absolute Gasteiger partial charge is 0.481 e. The highest BCUT2D eigenvalue weighted by molar-refractivity contribution is 7.13. The molecule has 4 nitrogen and oxygen atoms in total. The molecule has 0 bridgehead atoms. The van der Waals surface area contributed by atoms with Crippen LogP contribution in [0.25, 0.3) is 10.6 Å². The summed E-state index contributed by atoms with van der Waals surface area (Å²) in [5.74, 6) is -1.06. The molecule has 5 heteroatoms. The molecule has 0 saturated carbocycles. The average molecular weight is 317 g/mol. The van der Waals surface area contributed by atoms with Crippen molar-refractivity contribution in [3.63, 3.8) is 0 Å². The van der Waals surface area contributed by atoms with Crippen LogP contribution in [0.1, 0.15) is 31.5 Å². The first-order valence-corrected chi connectivity index (χ1v) is 7.92. The summed E-state index contributed by atoms with van der Waals surface area (Å²) in [5, 5.41) is 11.8. The summed E-state index contributed by atoms with van der Waals surface area (Å²) in [4.78, 5) is 27.6. The second-order valence-corrected chi connectivity index (χ2v) is 6.95. The van der Waals surface area contributed by atoms with Crippen molar-refractivity contribution in [1.82, 2.24) is 4.98 Å². The minimum absolute atomic E-state index is 0.0136. The number of hydrogen-bond acceptors (Lipinski definition) is 4. The Bertz CT molecular complexity index is 686. The lowest BCUT2D eigenvalue weighted by Crippen LogP contribution is -2.27. The van der Waals surface area contributed by atoms with E-state index in [0.29, 0.717) is 5.69 Å². The van der Waals surface area contributed by atoms with Crippen molar-refractivity contribution in [2.45, 2.75) is 33.6 Å². The number of carboxylic acids is 1. The number of aliphatic carboxylic acids is 1. The molecule has 0 unspecified atom stereocenters. The van der Waals surface area contributed by atoms with E-state index in [1.807, 2.05) is 36.6 Å². The molecule has 0 aliphatic heterocycles. The highest BCUT2D eigenvalue weighted by Crippen LogP contribution is 2.26. The Morgan fingerprint density at radius 1 is 1.23 bits per heavy atom. The molecule has 0 fully saturated rings. The highest BCUT2D eigenvalue weighted by atomic mass is 32.1. The van der Waals surface area contributed by atoms with Crippen molar-refractivity contribution in [2.24, 2.45) is 5.41 Å². The van der Waals surface area contributed by atoms with E-state index in [1.54, 1.807) is 13.8 Å². The predicted molar refractivity (Wildman–Crippen MR) is 87.0 cm³/mol. The van der Waals surface area contributed by atoms with Gasteiger partial charge in [0.25, 0.3) is 0 Å². The molecule has 0 amide bonds. The fraction of sp³-hybridized carbons (Fsp3) is 0.353. The van der Waals surface area contributed by atoms with E-state index in [0.717, 1.165) is 10.6 Å². The van der Waals surface area contributed by atoms with Crippen LogP contribution in [0.15, 0.2) is 29.6 Å². The summed E-state index contributed by atoms with van der Waals surface area (Å²) < 4.78 is 0. The molecule has 0 atom stereocenters. The maximum absolute atomic E-state index is 12.0. The molecular weight excluding hydrogens is 298 g/mol. The molecule has 1 N–H and O–H groups in total. The lowest BCUT2D eigenvalue weighted by molar-refractivity contribution is -0.149. The van der Waals surface area contributed by atoms with E-state index in [9.17, 15) is 9.59 Å². The minimum atomic E-state index is -1.03. The molecule has 0 aliphatic carbocycles. The zero-order valence-corrected chi connectivity index (χ0v) is 13.7. The quantitative estimate of drug-likeness (QED) is 0.881. The van der Waals surface area contributed by atoms with Gasteiger partial charge in [-0.1, -0.05) is 29.8 Å². The van der Waals surface area contributed by atoms with Gasteiger partial charge >= 0.3 is 5.97 Å². The Morgan fingerprint density at radius 2 is 1.86 bits per heavy atom. The van der Waals surface area contributed by atoms with Crippen LogP contribution >= 0.6 is 11.3 Å². The Kier molecular flexibility index (Phi) is 4.76. The van der Waals surface area contributed by atoms with Gasteiger partial charge in [-0.3, -0.25) is 9.59 Å². The molecule has 0 saturated heterocycles. The third-order valence-electron chi connectivity index (χ3n) is 3.45. The van der Waals surface area contributed by atoms with Gasteiger partial charge in [0.15, 0.2) is 0 Å². The number of carboxylic acid groups (broad SMARTS) is 1. The number of Topliss-reactive ketones (excluding diaryl/α,β-unsaturated/α-hetero) is 1. The lowest BCUT2D eigenvalue weighted by Gasteiger charge is -2.17. The number of carbonyl (C=O) groups is 2. The molecule has 1 aromatic heterocycles. The number of aryl methyl sites for hydroxylation is 1. The number of rotatable bonds is 6. The van der Waals surface area contributed by atoms with Crippen LogP contribution in [-0.2, 0) is 16.0 Å². The van der Waals surface area contributed by atoms with Crippen molar-refractivity contribution in [1.29, 1.82) is 0 Å². The Morgan fingerprint density at radius 3 is 2.45 bits per heavy atom. The van der Waals surface area contributed by atoms with Crippen molar-refractivity contribution < 1.29 is 14.7 Å². The van der Waals surface area contributed by atoms with Gasteiger partial charge in [0, 0.05) is 23.8 Å². The number of nitrogens with zero attached hydrogens (tertiary/aromatic N) is 1. The molecule has 0 spiro atoms. The van der Waals surface area contributed by atoms with E-state index in [2.05, 4.69) is 4.98 Å². The minimum Gasteiger partial charge on any atom is -0.481 e. The van der Waals surface area contributed by atoms with E-state index in [4.69, 9.17) is 5.11 Å². The number of benzene rings is 1. The average Bonchev–Trinajstić information content (AvgIpc) is 2.87. The number of ketones is 1. The zero-order chi connectivity index (χ0) is 16.3. The Labute approximate surface area is 133 Å². The molecular formula is C17H19NO3S. The highest BCUT2D eigenvalue weighted by Gasteiger charge is 2.30. The number of thiazole rings is 1. The van der Waals surface area contributed by atoms with Crippen molar-refractivity contribution in [3.8, 4) is 10.6 Å². The normalized spacial score (nSPS) is 11.4. The van der Waals surface area contributed by atoms with Crippen molar-refractivity contribution in [2.75, 3.05) is 0 Å². The summed E-state index contributed by atoms with van der Waals surface area (Å²) in [6, 6.07) is 8.06. The molecule has 22 heavy (non-hydrogen) atoms. The third kappa shape index (κ3) is 4.01. The van der Waals surface area contributed by atoms with Gasteiger partial charge in [0.2, 0.25) is 0 Å². The number of carbonyl (C=O) groups excluding carboxylic acids is 1. The van der Waals surface area contributed by atoms with Crippen molar-refractivity contribution in [3.05, 3.63) is 40.9 Å². The maximum atomic E-state index is 12.0. The Balaban J connectivity index is 2.05. The van der Waals surface area contributed by atoms with Crippen LogP contribution in [0, 0.1) is 12.3 Å². The zero-order valence-electron chi connectivity index (χ0n) is 12.9. The maximum Gasteiger partial charge on any atom is 0.309 e. The van der Waals surface area contributed by atoms with Crippen LogP contribution in [0.5, 0.6) is 0 Å². The summed E-state index contributed by atoms with van der Waals surface area (Å²) in [6.07, 6.45) is 0.193. The summed E-state index contributed by atoms with van der Waals surface area (Å²) in [5.41, 5.74) is 1.88. The smallest absolute Gasteiger partial charge is 0.309 e. The van der Waals surface area contributed by atoms with Crippen LogP contribution in [0.2, 0.25) is 0 Å². The fourth-order valence-electron chi connectivity index (χ4n) is 2.05. The monoisotopic (exact) mass is 317 g/mol. The van der Waals surface area contributed by atoms with Gasteiger partial charge in [-0.2, -0.15) is 0 Å². The van der Waals surface area contributed by atoms with Crippen LogP contribution in [0.3, 0.4) is 0 Å². The fourth-order valence-corrected chi connectivity index (χ4v) is 2.88. The first-order chi connectivity index (χ1) is 10.3. The van der Waals surface area contributed by atoms with Gasteiger partial charge in [-0.25, -0.2) is 4.98 Å². The van der Waals surface area contributed by atoms with E-state index < -0.39 is 11.4 Å². The van der Waals surface area contributed by atoms with E-state index in [1.165, 1.54) is 16.9 Å². The van der Waals surface area contributed by atoms with Gasteiger partial charge in [-0.05, 0) is 20.8 Å². The molecule has 2 rings (SSSR count). The molecule has 1 aromatic carbocycles. The topological polar surface area (TPSA) is 67.3 Å². The van der Waals surface area contributed by atoms with Crippen LogP contribution < -0.4 is 0 Å². The molecule has 2 aromatic rings. The van der Waals surface area contributed by atoms with Crippen LogP contribution in [0.4, 0.5) is 0 Å². The Hall–Kier alpha value is -2.01. The summed E-state index contributed by atoms with van der Waals surface area (Å²) in [7, 11) is 0. The van der Waals surface area contributed by atoms with Crippen molar-refractivity contribution >= 4 is 23.1 Å². The summed E-state index contributed by atoms with van der Waals surface area (Å²) in [6.45, 7) is 5.15. The summed E-state index contributed by atoms with van der Waals surface area (Å²) >= 11 is 1.50. The first kappa shape index (κ1) is 16.4. The van der Waals surface area contributed by atoms with Gasteiger partial charge in [-0.15, -0.1) is 11.3 Å². The molecule has 116 valence electrons. The van der Waals surface area contributed by atoms with Gasteiger partial charge in [0.05, 0.1) is 11.1 Å². The van der Waals surface area contributed by atoms with E-state index in [-0.39, 0.29) is 18.6 Å². The number of aromatic nitrogens is 1. The molecule has 0 radical (unpaired) electrons. The third-order valence-corrected chi connectivity index (χ3v) is 4.39. The standard InChI is InChI=1S/C17H19NO3S/c1-11-4-6-12(7-5-11)15-18-13(10-22-15)8-14(19)9-17(2,3)16(20)21/h4-7,10H,8-9H2,1-3H3,(H,20,21). The lowest BCUT2D eigenvalue weighted by atomic mass is 9.86. The predicted octanol–water partition coefficient (Wildman–Crippen LogP) is 3.73. The molecule has 0 aliphatic rings. The van der Waals surface area contributed by atoms with Gasteiger partial charge < -0.3 is 5.11 Å². The molecule has 1 heterocycles. The van der Waals surface area contributed by atoms with E-state index >= 15 is 0 Å². The second-order valence-electron chi connectivity index (χ2n) is 6.09. The van der Waals surface area contributed by atoms with Crippen LogP contribution in [-0.4, -0.2) is 21.8 Å². The first-order valence-electron chi connectivity index (χ1n) is 7.04. The number of hydrogen-bond donors (Lipinski definition) is 1. The van der Waals surface area contributed by atoms with Gasteiger partial charge in [0.1, 0.15) is 10.8 Å². The second kappa shape index (κ2) is 6.40. The SMILES string of the molecule is Cc1ccc(-c2nc(CC(=O)CC(C)(C)C(=O)O)cs2)cc1.